The van der Waals surface area contributed by atoms with E-state index in [0.29, 0.717) is 6.42 Å². The molecule has 8 nitrogen and oxygen atoms in total. The molecule has 0 rings (SSSR count). The summed E-state index contributed by atoms with van der Waals surface area (Å²) >= 11 is 0. The van der Waals surface area contributed by atoms with Crippen molar-refractivity contribution < 1.29 is 30.0 Å². The van der Waals surface area contributed by atoms with E-state index >= 15 is 0 Å². The summed E-state index contributed by atoms with van der Waals surface area (Å²) in [5, 5.41) is 42.1. The van der Waals surface area contributed by atoms with Gasteiger partial charge in [-0.15, -0.1) is 0 Å². The van der Waals surface area contributed by atoms with Crippen LogP contribution in [0.5, 0.6) is 0 Å². The zero-order valence-electron chi connectivity index (χ0n) is 12.5. The lowest BCUT2D eigenvalue weighted by Gasteiger charge is -2.21. The van der Waals surface area contributed by atoms with Gasteiger partial charge in [-0.1, -0.05) is 0 Å². The molecule has 8 heteroatoms. The van der Waals surface area contributed by atoms with Crippen molar-refractivity contribution in [1.29, 1.82) is 0 Å². The van der Waals surface area contributed by atoms with Crippen LogP contribution in [0.15, 0.2) is 0 Å². The first-order chi connectivity index (χ1) is 9.83. The van der Waals surface area contributed by atoms with E-state index in [1.54, 1.807) is 7.05 Å². The third-order valence-corrected chi connectivity index (χ3v) is 3.24. The first kappa shape index (κ1) is 19.9. The summed E-state index contributed by atoms with van der Waals surface area (Å²) in [5.74, 6) is -0.303. The highest BCUT2D eigenvalue weighted by atomic mass is 16.4. The highest BCUT2D eigenvalue weighted by Gasteiger charge is 2.23. The van der Waals surface area contributed by atoms with Gasteiger partial charge in [0, 0.05) is 13.0 Å². The fraction of sp³-hybridized carbons (Fsp3) is 0.846. The maximum Gasteiger partial charge on any atom is 0.220 e. The van der Waals surface area contributed by atoms with Crippen LogP contribution in [0.25, 0.3) is 0 Å². The molecule has 21 heavy (non-hydrogen) atoms. The molecule has 1 amide bonds. The smallest absolute Gasteiger partial charge is 0.220 e. The van der Waals surface area contributed by atoms with Gasteiger partial charge in [0.25, 0.3) is 0 Å². The van der Waals surface area contributed by atoms with Crippen LogP contribution in [0.4, 0.5) is 0 Å². The Hall–Kier alpha value is -1.06. The molecule has 124 valence electrons. The monoisotopic (exact) mass is 306 g/mol. The maximum atomic E-state index is 11.5. The van der Waals surface area contributed by atoms with Gasteiger partial charge in [0.05, 0.1) is 18.8 Å². The van der Waals surface area contributed by atoms with Crippen LogP contribution in [0, 0.1) is 0 Å². The third-order valence-electron chi connectivity index (χ3n) is 3.24. The van der Waals surface area contributed by atoms with Gasteiger partial charge in [0.15, 0.2) is 0 Å². The quantitative estimate of drug-likeness (QED) is 0.248. The highest BCUT2D eigenvalue weighted by molar-refractivity contribution is 5.82. The van der Waals surface area contributed by atoms with Crippen LogP contribution in [0.1, 0.15) is 26.2 Å². The Morgan fingerprint density at radius 1 is 1.10 bits per heavy atom. The molecule has 0 spiro atoms. The van der Waals surface area contributed by atoms with Crippen molar-refractivity contribution >= 4 is 11.7 Å². The second kappa shape index (κ2) is 10.6. The minimum atomic E-state index is -1.46. The summed E-state index contributed by atoms with van der Waals surface area (Å²) in [5.41, 5.74) is 0. The standard InChI is InChI=1S/C13H26N2O6/c1-8(17)9(14-2)3-4-12(20)15-6-5-10(18)13(21)11(19)7-16/h9-11,13-14,16,18-19,21H,3-7H2,1-2H3,(H,15,20)/t9-,10+,11+,13-/m0/s1. The first-order valence-electron chi connectivity index (χ1n) is 6.92. The zero-order valence-corrected chi connectivity index (χ0v) is 12.5. The molecule has 0 unspecified atom stereocenters. The van der Waals surface area contributed by atoms with Crippen molar-refractivity contribution in [3.05, 3.63) is 0 Å². The summed E-state index contributed by atoms with van der Waals surface area (Å²) in [4.78, 5) is 22.7. The van der Waals surface area contributed by atoms with Crippen LogP contribution in [0.3, 0.4) is 0 Å². The Morgan fingerprint density at radius 2 is 1.71 bits per heavy atom. The lowest BCUT2D eigenvalue weighted by molar-refractivity contribution is -0.122. The Bertz CT molecular complexity index is 326. The molecular formula is C13H26N2O6. The van der Waals surface area contributed by atoms with Crippen LogP contribution in [-0.2, 0) is 9.59 Å². The molecular weight excluding hydrogens is 280 g/mol. The zero-order chi connectivity index (χ0) is 16.4. The lowest BCUT2D eigenvalue weighted by atomic mass is 10.1. The van der Waals surface area contributed by atoms with Gasteiger partial charge < -0.3 is 31.1 Å². The molecule has 0 radical (unpaired) electrons. The normalized spacial score (nSPS) is 16.9. The average Bonchev–Trinajstić information content (AvgIpc) is 2.45. The molecule has 0 aromatic carbocycles. The van der Waals surface area contributed by atoms with E-state index in [1.165, 1.54) is 6.92 Å². The Balaban J connectivity index is 3.91. The summed E-state index contributed by atoms with van der Waals surface area (Å²) in [6, 6.07) is -0.358. The van der Waals surface area contributed by atoms with E-state index < -0.39 is 24.9 Å². The minimum absolute atomic E-state index is 0.0400. The number of hydrogen-bond donors (Lipinski definition) is 6. The lowest BCUT2D eigenvalue weighted by Crippen LogP contribution is -2.41. The molecule has 0 aliphatic heterocycles. The van der Waals surface area contributed by atoms with Gasteiger partial charge in [-0.25, -0.2) is 0 Å². The van der Waals surface area contributed by atoms with Crippen molar-refractivity contribution in [1.82, 2.24) is 10.6 Å². The molecule has 0 saturated heterocycles. The number of nitrogens with one attached hydrogen (secondary N) is 2. The number of aliphatic hydroxyl groups is 4. The molecule has 4 atom stereocenters. The number of amides is 1. The SMILES string of the molecule is CN[C@@H](CCC(=O)NCC[C@@H](O)[C@H](O)[C@H](O)CO)C(C)=O. The van der Waals surface area contributed by atoms with E-state index in [2.05, 4.69) is 10.6 Å². The minimum Gasteiger partial charge on any atom is -0.394 e. The van der Waals surface area contributed by atoms with Crippen LogP contribution < -0.4 is 10.6 Å². The number of rotatable bonds is 11. The van der Waals surface area contributed by atoms with Crippen LogP contribution >= 0.6 is 0 Å². The Labute approximate surface area is 124 Å². The topological polar surface area (TPSA) is 139 Å². The van der Waals surface area contributed by atoms with E-state index in [0.717, 1.165) is 0 Å². The number of ketones is 1. The largest absolute Gasteiger partial charge is 0.394 e. The summed E-state index contributed by atoms with van der Waals surface area (Å²) in [6.45, 7) is 0.920. The summed E-state index contributed by atoms with van der Waals surface area (Å²) < 4.78 is 0. The fourth-order valence-electron chi connectivity index (χ4n) is 1.81. The summed E-state index contributed by atoms with van der Waals surface area (Å²) in [6.07, 6.45) is -3.52. The predicted molar refractivity (Wildman–Crippen MR) is 75.5 cm³/mol. The molecule has 0 aromatic heterocycles. The van der Waals surface area contributed by atoms with Gasteiger partial charge in [0.1, 0.15) is 18.0 Å². The van der Waals surface area contributed by atoms with E-state index in [-0.39, 0.29) is 37.1 Å². The van der Waals surface area contributed by atoms with Crippen molar-refractivity contribution in [2.75, 3.05) is 20.2 Å². The molecule has 0 aliphatic carbocycles. The second-order valence-electron chi connectivity index (χ2n) is 4.94. The number of aliphatic hydroxyl groups excluding tert-OH is 4. The van der Waals surface area contributed by atoms with Gasteiger partial charge in [-0.05, 0) is 26.8 Å². The number of carbonyl (C=O) groups is 2. The fourth-order valence-corrected chi connectivity index (χ4v) is 1.81. The van der Waals surface area contributed by atoms with E-state index in [1.807, 2.05) is 0 Å². The Kier molecular flexibility index (Phi) is 10.1. The third kappa shape index (κ3) is 8.08. The molecule has 0 saturated carbocycles. The molecule has 0 aliphatic rings. The maximum absolute atomic E-state index is 11.5. The predicted octanol–water partition coefficient (Wildman–Crippen LogP) is -2.48. The number of hydrogen-bond acceptors (Lipinski definition) is 7. The molecule has 0 bridgehead atoms. The second-order valence-corrected chi connectivity index (χ2v) is 4.94. The van der Waals surface area contributed by atoms with E-state index in [9.17, 15) is 19.8 Å². The first-order valence-corrected chi connectivity index (χ1v) is 6.92. The van der Waals surface area contributed by atoms with Gasteiger partial charge in [0.2, 0.25) is 5.91 Å². The van der Waals surface area contributed by atoms with Crippen molar-refractivity contribution in [3.63, 3.8) is 0 Å². The van der Waals surface area contributed by atoms with Crippen molar-refractivity contribution in [2.24, 2.45) is 0 Å². The van der Waals surface area contributed by atoms with E-state index in [4.69, 9.17) is 10.2 Å². The molecule has 0 fully saturated rings. The number of carbonyl (C=O) groups excluding carboxylic acids is 2. The van der Waals surface area contributed by atoms with Gasteiger partial charge in [-0.2, -0.15) is 0 Å². The molecule has 0 aromatic rings. The number of likely N-dealkylation sites (N-methyl/N-ethyl adjacent to an activating group) is 1. The molecule has 6 N–H and O–H groups in total. The highest BCUT2D eigenvalue weighted by Crippen LogP contribution is 2.04. The molecule has 0 heterocycles. The number of Topliss-reactive ketones (excluding diaryl/α,β-unsaturated/α-hetero) is 1. The average molecular weight is 306 g/mol. The van der Waals surface area contributed by atoms with Gasteiger partial charge in [-0.3, -0.25) is 9.59 Å². The van der Waals surface area contributed by atoms with Crippen LogP contribution in [0.2, 0.25) is 0 Å². The van der Waals surface area contributed by atoms with Crippen molar-refractivity contribution in [2.45, 2.75) is 50.5 Å². The Morgan fingerprint density at radius 3 is 2.19 bits per heavy atom. The summed E-state index contributed by atoms with van der Waals surface area (Å²) in [7, 11) is 1.65. The van der Waals surface area contributed by atoms with Gasteiger partial charge >= 0.3 is 0 Å². The van der Waals surface area contributed by atoms with Crippen LogP contribution in [-0.4, -0.2) is 76.7 Å². The van der Waals surface area contributed by atoms with Crippen molar-refractivity contribution in [3.8, 4) is 0 Å².